The van der Waals surface area contributed by atoms with Gasteiger partial charge in [-0.05, 0) is 6.42 Å². The van der Waals surface area contributed by atoms with Crippen molar-refractivity contribution in [3.05, 3.63) is 12.2 Å². The number of hydrogen-bond acceptors (Lipinski definition) is 4. The molecule has 1 aliphatic rings. The Morgan fingerprint density at radius 1 is 1.08 bits per heavy atom. The Morgan fingerprint density at radius 3 is 1.46 bits per heavy atom. The third-order valence-electron chi connectivity index (χ3n) is 1.20. The van der Waals surface area contributed by atoms with E-state index in [1.165, 1.54) is 5.06 Å². The maximum atomic E-state index is 9.55. The lowest BCUT2D eigenvalue weighted by atomic mass is 10.3. The molecule has 1 fully saturated rings. The van der Waals surface area contributed by atoms with Crippen LogP contribution in [0.1, 0.15) is 6.42 Å². The number of hydrogen-bond donors (Lipinski definition) is 3. The van der Waals surface area contributed by atoms with Gasteiger partial charge >= 0.3 is 11.9 Å². The van der Waals surface area contributed by atoms with Crippen molar-refractivity contribution in [1.82, 2.24) is 5.06 Å². The highest BCUT2D eigenvalue weighted by Crippen LogP contribution is 1.97. The van der Waals surface area contributed by atoms with E-state index in [1.54, 1.807) is 0 Å². The zero-order chi connectivity index (χ0) is 10.3. The summed E-state index contributed by atoms with van der Waals surface area (Å²) < 4.78 is 0. The summed E-state index contributed by atoms with van der Waals surface area (Å²) in [4.78, 5) is 19.1. The van der Waals surface area contributed by atoms with Crippen LogP contribution in [0.4, 0.5) is 0 Å². The van der Waals surface area contributed by atoms with Crippen LogP contribution >= 0.6 is 0 Å². The van der Waals surface area contributed by atoms with Gasteiger partial charge in [-0.3, -0.25) is 0 Å². The van der Waals surface area contributed by atoms with Crippen molar-refractivity contribution in [3.63, 3.8) is 0 Å². The van der Waals surface area contributed by atoms with Gasteiger partial charge in [0, 0.05) is 25.2 Å². The molecular weight excluding hydrogens is 178 g/mol. The fourth-order valence-electron chi connectivity index (χ4n) is 0.442. The summed E-state index contributed by atoms with van der Waals surface area (Å²) in [6.07, 6.45) is 2.28. The number of nitrogens with zero attached hydrogens (tertiary/aromatic N) is 1. The van der Waals surface area contributed by atoms with E-state index in [4.69, 9.17) is 15.4 Å². The number of carboxylic acids is 2. The van der Waals surface area contributed by atoms with Crippen molar-refractivity contribution in [2.45, 2.75) is 6.42 Å². The molecule has 0 aromatic carbocycles. The molecule has 0 aliphatic carbocycles. The topological polar surface area (TPSA) is 98.1 Å². The average molecular weight is 189 g/mol. The Hall–Kier alpha value is -1.40. The van der Waals surface area contributed by atoms with Crippen LogP contribution in [0.5, 0.6) is 0 Å². The highest BCUT2D eigenvalue weighted by molar-refractivity contribution is 5.89. The van der Waals surface area contributed by atoms with Crippen molar-refractivity contribution in [2.24, 2.45) is 0 Å². The quantitative estimate of drug-likeness (QED) is 0.520. The second-order valence-electron chi connectivity index (χ2n) is 2.32. The highest BCUT2D eigenvalue weighted by Gasteiger charge is 2.07. The van der Waals surface area contributed by atoms with E-state index in [-0.39, 0.29) is 0 Å². The molecule has 0 unspecified atom stereocenters. The van der Waals surface area contributed by atoms with Gasteiger partial charge in [0.25, 0.3) is 0 Å². The average Bonchev–Trinajstić information content (AvgIpc) is 1.98. The van der Waals surface area contributed by atoms with Crippen molar-refractivity contribution < 1.29 is 25.0 Å². The first kappa shape index (κ1) is 11.6. The summed E-state index contributed by atoms with van der Waals surface area (Å²) in [7, 11) is 0. The van der Waals surface area contributed by atoms with Crippen LogP contribution in [0.2, 0.25) is 0 Å². The summed E-state index contributed by atoms with van der Waals surface area (Å²) in [6.45, 7) is 1.75. The van der Waals surface area contributed by atoms with Crippen LogP contribution in [0.25, 0.3) is 0 Å². The van der Waals surface area contributed by atoms with E-state index in [0.29, 0.717) is 12.2 Å². The number of rotatable bonds is 2. The first-order valence-corrected chi connectivity index (χ1v) is 3.60. The van der Waals surface area contributed by atoms with E-state index >= 15 is 0 Å². The highest BCUT2D eigenvalue weighted by atomic mass is 16.5. The Labute approximate surface area is 74.7 Å². The molecule has 1 saturated heterocycles. The second-order valence-corrected chi connectivity index (χ2v) is 2.32. The van der Waals surface area contributed by atoms with Gasteiger partial charge in [-0.25, -0.2) is 9.59 Å². The van der Waals surface area contributed by atoms with Gasteiger partial charge in [-0.2, -0.15) is 5.06 Å². The molecule has 0 aromatic heterocycles. The van der Waals surface area contributed by atoms with E-state index in [9.17, 15) is 9.59 Å². The molecule has 1 rings (SSSR count). The molecule has 1 heterocycles. The van der Waals surface area contributed by atoms with Gasteiger partial charge in [0.2, 0.25) is 0 Å². The van der Waals surface area contributed by atoms with Crippen LogP contribution in [0.15, 0.2) is 12.2 Å². The van der Waals surface area contributed by atoms with Crippen molar-refractivity contribution in [1.29, 1.82) is 0 Å². The zero-order valence-corrected chi connectivity index (χ0v) is 6.88. The number of carboxylic acid groups (broad SMARTS) is 2. The van der Waals surface area contributed by atoms with E-state index in [2.05, 4.69) is 0 Å². The van der Waals surface area contributed by atoms with Crippen molar-refractivity contribution >= 4 is 11.9 Å². The predicted molar refractivity (Wildman–Crippen MR) is 42.4 cm³/mol. The lowest BCUT2D eigenvalue weighted by Crippen LogP contribution is -2.33. The minimum atomic E-state index is -1.26. The molecule has 0 saturated carbocycles. The first-order valence-electron chi connectivity index (χ1n) is 3.60. The summed E-state index contributed by atoms with van der Waals surface area (Å²) in [5.74, 6) is -2.51. The third kappa shape index (κ3) is 8.51. The van der Waals surface area contributed by atoms with Crippen LogP contribution in [0, 0.1) is 0 Å². The molecule has 0 atom stereocenters. The lowest BCUT2D eigenvalue weighted by Gasteiger charge is -2.22. The van der Waals surface area contributed by atoms with Crippen molar-refractivity contribution in [2.75, 3.05) is 13.1 Å². The van der Waals surface area contributed by atoms with Crippen LogP contribution in [0.3, 0.4) is 0 Å². The number of carbonyl (C=O) groups is 2. The Balaban J connectivity index is 0.000000243. The van der Waals surface area contributed by atoms with Gasteiger partial charge in [-0.15, -0.1) is 0 Å². The minimum absolute atomic E-state index is 0.558. The molecular formula is C7H11NO5. The van der Waals surface area contributed by atoms with E-state index in [1.807, 2.05) is 0 Å². The zero-order valence-electron chi connectivity index (χ0n) is 6.88. The molecule has 13 heavy (non-hydrogen) atoms. The van der Waals surface area contributed by atoms with Gasteiger partial charge in [0.15, 0.2) is 0 Å². The molecule has 1 aliphatic heterocycles. The molecule has 0 aromatic rings. The molecule has 6 nitrogen and oxygen atoms in total. The van der Waals surface area contributed by atoms with Gasteiger partial charge in [0.05, 0.1) is 0 Å². The van der Waals surface area contributed by atoms with Gasteiger partial charge < -0.3 is 15.4 Å². The molecule has 3 N–H and O–H groups in total. The fraction of sp³-hybridized carbons (Fsp3) is 0.429. The predicted octanol–water partition coefficient (Wildman–Crippen LogP) is -0.207. The van der Waals surface area contributed by atoms with Crippen LogP contribution in [-0.4, -0.2) is 45.5 Å². The summed E-state index contributed by atoms with van der Waals surface area (Å²) >= 11 is 0. The van der Waals surface area contributed by atoms with Crippen LogP contribution in [-0.2, 0) is 9.59 Å². The Morgan fingerprint density at radius 2 is 1.38 bits per heavy atom. The van der Waals surface area contributed by atoms with Crippen molar-refractivity contribution in [3.8, 4) is 0 Å². The minimum Gasteiger partial charge on any atom is -0.478 e. The maximum absolute atomic E-state index is 9.55. The molecule has 0 amide bonds. The molecule has 0 bridgehead atoms. The largest absolute Gasteiger partial charge is 0.478 e. The lowest BCUT2D eigenvalue weighted by molar-refractivity contribution is -0.137. The van der Waals surface area contributed by atoms with E-state index in [0.717, 1.165) is 19.5 Å². The smallest absolute Gasteiger partial charge is 0.328 e. The standard InChI is InChI=1S/C4H4O4.C3H7NO/c5-3(6)1-2-4(7)8;5-4-2-1-3-4/h1-2H,(H,5,6)(H,7,8);5H,1-3H2/b2-1-;. The summed E-state index contributed by atoms with van der Waals surface area (Å²) in [5, 5.41) is 25.2. The van der Waals surface area contributed by atoms with Gasteiger partial charge in [0.1, 0.15) is 0 Å². The Kier molecular flexibility index (Phi) is 5.49. The maximum Gasteiger partial charge on any atom is 0.328 e. The Bertz CT molecular complexity index is 193. The summed E-state index contributed by atoms with van der Waals surface area (Å²) in [6, 6.07) is 0. The normalized spacial score (nSPS) is 15.8. The first-order chi connectivity index (χ1) is 6.02. The number of aliphatic carboxylic acids is 2. The third-order valence-corrected chi connectivity index (χ3v) is 1.20. The number of hydroxylamine groups is 2. The molecule has 0 radical (unpaired) electrons. The molecule has 74 valence electrons. The fourth-order valence-corrected chi connectivity index (χ4v) is 0.442. The SMILES string of the molecule is O=C(O)/C=C\C(=O)O.ON1CCC1. The second kappa shape index (κ2) is 6.15. The van der Waals surface area contributed by atoms with Gasteiger partial charge in [-0.1, -0.05) is 0 Å². The molecule has 0 spiro atoms. The molecule has 6 heteroatoms. The van der Waals surface area contributed by atoms with E-state index < -0.39 is 11.9 Å². The van der Waals surface area contributed by atoms with Crippen LogP contribution < -0.4 is 0 Å². The summed E-state index contributed by atoms with van der Waals surface area (Å²) in [5.41, 5.74) is 0. The monoisotopic (exact) mass is 189 g/mol.